The highest BCUT2D eigenvalue weighted by Crippen LogP contribution is 2.44. The van der Waals surface area contributed by atoms with Gasteiger partial charge in [0.2, 0.25) is 5.91 Å². The van der Waals surface area contributed by atoms with Crippen molar-refractivity contribution in [3.05, 3.63) is 35.0 Å². The van der Waals surface area contributed by atoms with E-state index in [4.69, 9.17) is 0 Å². The molecule has 2 unspecified atom stereocenters. The number of hydrogen-bond acceptors (Lipinski definition) is 4. The molecule has 5 rings (SSSR count). The van der Waals surface area contributed by atoms with Gasteiger partial charge in [-0.25, -0.2) is 0 Å². The van der Waals surface area contributed by atoms with Gasteiger partial charge in [0.15, 0.2) is 5.78 Å². The van der Waals surface area contributed by atoms with E-state index in [1.807, 2.05) is 7.05 Å². The lowest BCUT2D eigenvalue weighted by Gasteiger charge is -2.35. The van der Waals surface area contributed by atoms with Gasteiger partial charge in [0.05, 0.1) is 17.6 Å². The number of amides is 1. The second-order valence-corrected chi connectivity index (χ2v) is 7.00. The van der Waals surface area contributed by atoms with Crippen LogP contribution >= 0.6 is 0 Å². The maximum atomic E-state index is 13.3. The van der Waals surface area contributed by atoms with Crippen LogP contribution in [-0.2, 0) is 11.8 Å². The quantitative estimate of drug-likeness (QED) is 0.729. The second kappa shape index (κ2) is 4.91. The average molecular weight is 324 g/mol. The van der Waals surface area contributed by atoms with E-state index in [9.17, 15) is 9.59 Å². The first-order valence-corrected chi connectivity index (χ1v) is 8.55. The zero-order valence-electron chi connectivity index (χ0n) is 13.6. The molecule has 0 spiro atoms. The molecule has 3 atom stereocenters. The van der Waals surface area contributed by atoms with Crippen molar-refractivity contribution >= 4 is 22.6 Å². The van der Waals surface area contributed by atoms with Crippen LogP contribution in [0.3, 0.4) is 0 Å². The lowest BCUT2D eigenvalue weighted by atomic mass is 9.74. The Morgan fingerprint density at radius 1 is 1.25 bits per heavy atom. The molecule has 1 amide bonds. The number of carbonyl (C=O) groups excluding carboxylic acids is 2. The molecule has 3 N–H and O–H groups in total. The predicted molar refractivity (Wildman–Crippen MR) is 89.9 cm³/mol. The smallest absolute Gasteiger partial charge is 0.220 e. The first-order valence-electron chi connectivity index (χ1n) is 8.55. The Hall–Kier alpha value is -2.18. The number of carbonyl (C=O) groups is 2. The lowest BCUT2D eigenvalue weighted by Crippen LogP contribution is -2.50. The molecule has 6 heteroatoms. The molecule has 1 aromatic carbocycles. The highest BCUT2D eigenvalue weighted by Gasteiger charge is 2.44. The van der Waals surface area contributed by atoms with Crippen molar-refractivity contribution in [2.24, 2.45) is 7.05 Å². The van der Waals surface area contributed by atoms with Crippen molar-refractivity contribution in [1.29, 1.82) is 0 Å². The third kappa shape index (κ3) is 1.72. The van der Waals surface area contributed by atoms with Crippen LogP contribution in [0.4, 0.5) is 0 Å². The third-order valence-corrected chi connectivity index (χ3v) is 5.79. The van der Waals surface area contributed by atoms with Gasteiger partial charge in [-0.15, -0.1) is 0 Å². The summed E-state index contributed by atoms with van der Waals surface area (Å²) in [7, 11) is 2.03. The first-order chi connectivity index (χ1) is 11.7. The molecule has 2 aromatic rings. The number of aryl methyl sites for hydroxylation is 1. The van der Waals surface area contributed by atoms with Crippen molar-refractivity contribution in [3.8, 4) is 0 Å². The fourth-order valence-electron chi connectivity index (χ4n) is 4.72. The zero-order chi connectivity index (χ0) is 16.4. The highest BCUT2D eigenvalue weighted by molar-refractivity contribution is 6.16. The van der Waals surface area contributed by atoms with Gasteiger partial charge in [-0.3, -0.25) is 14.9 Å². The van der Waals surface area contributed by atoms with Crippen molar-refractivity contribution in [1.82, 2.24) is 20.5 Å². The van der Waals surface area contributed by atoms with Gasteiger partial charge in [-0.2, -0.15) is 0 Å². The molecule has 24 heavy (non-hydrogen) atoms. The fourth-order valence-corrected chi connectivity index (χ4v) is 4.72. The van der Waals surface area contributed by atoms with Gasteiger partial charge in [-0.05, 0) is 18.1 Å². The number of piperidine rings is 1. The summed E-state index contributed by atoms with van der Waals surface area (Å²) in [5, 5.41) is 10.8. The second-order valence-electron chi connectivity index (χ2n) is 7.00. The minimum Gasteiger partial charge on any atom is -0.346 e. The maximum Gasteiger partial charge on any atom is 0.220 e. The van der Waals surface area contributed by atoms with E-state index in [0.29, 0.717) is 6.42 Å². The van der Waals surface area contributed by atoms with Gasteiger partial charge in [0, 0.05) is 49.2 Å². The Morgan fingerprint density at radius 3 is 2.92 bits per heavy atom. The number of hydrogen-bond donors (Lipinski definition) is 3. The molecule has 1 aromatic heterocycles. The summed E-state index contributed by atoms with van der Waals surface area (Å²) in [5.41, 5.74) is 4.15. The Morgan fingerprint density at radius 2 is 2.12 bits per heavy atom. The van der Waals surface area contributed by atoms with Gasteiger partial charge < -0.3 is 15.2 Å². The van der Waals surface area contributed by atoms with Gasteiger partial charge in [0.1, 0.15) is 0 Å². The van der Waals surface area contributed by atoms with E-state index in [-0.39, 0.29) is 23.7 Å². The molecular formula is C18H20N4O2. The first kappa shape index (κ1) is 14.2. The summed E-state index contributed by atoms with van der Waals surface area (Å²) in [6.07, 6.45) is 1.24. The van der Waals surface area contributed by atoms with E-state index in [1.54, 1.807) is 0 Å². The third-order valence-electron chi connectivity index (χ3n) is 5.79. The number of nitrogens with one attached hydrogen (secondary N) is 3. The molecule has 0 radical (unpaired) electrons. The maximum absolute atomic E-state index is 13.3. The van der Waals surface area contributed by atoms with Gasteiger partial charge >= 0.3 is 0 Å². The van der Waals surface area contributed by atoms with E-state index in [1.165, 1.54) is 5.56 Å². The zero-order valence-corrected chi connectivity index (χ0v) is 13.6. The van der Waals surface area contributed by atoms with Crippen LogP contribution in [0, 0.1) is 0 Å². The van der Waals surface area contributed by atoms with Crippen LogP contribution in [0.2, 0.25) is 0 Å². The van der Waals surface area contributed by atoms with Crippen LogP contribution in [-0.4, -0.2) is 35.5 Å². The van der Waals surface area contributed by atoms with Crippen LogP contribution < -0.4 is 16.0 Å². The normalized spacial score (nSPS) is 29.0. The van der Waals surface area contributed by atoms with E-state index in [2.05, 4.69) is 38.7 Å². The van der Waals surface area contributed by atoms with Gasteiger partial charge in [-0.1, -0.05) is 12.1 Å². The Kier molecular flexibility index (Phi) is 2.90. The molecule has 2 aliphatic heterocycles. The molecule has 0 saturated carbocycles. The minimum atomic E-state index is -0.417. The molecule has 3 aliphatic rings. The Labute approximate surface area is 139 Å². The summed E-state index contributed by atoms with van der Waals surface area (Å²) < 4.78 is 2.15. The van der Waals surface area contributed by atoms with E-state index in [0.717, 1.165) is 41.8 Å². The predicted octanol–water partition coefficient (Wildman–Crippen LogP) is 0.928. The Balaban J connectivity index is 1.80. The molecule has 1 aliphatic carbocycles. The van der Waals surface area contributed by atoms with E-state index >= 15 is 0 Å². The highest BCUT2D eigenvalue weighted by atomic mass is 16.2. The molecule has 2 fully saturated rings. The molecular weight excluding hydrogens is 304 g/mol. The van der Waals surface area contributed by atoms with Crippen LogP contribution in [0.25, 0.3) is 10.9 Å². The monoisotopic (exact) mass is 324 g/mol. The molecule has 3 heterocycles. The lowest BCUT2D eigenvalue weighted by molar-refractivity contribution is -0.123. The van der Waals surface area contributed by atoms with Crippen LogP contribution in [0.1, 0.15) is 46.4 Å². The summed E-state index contributed by atoms with van der Waals surface area (Å²) in [4.78, 5) is 25.2. The summed E-state index contributed by atoms with van der Waals surface area (Å²) in [5.74, 6) is 0.149. The Bertz CT molecular complexity index is 879. The van der Waals surface area contributed by atoms with Gasteiger partial charge in [0.25, 0.3) is 0 Å². The SMILES string of the molecule is Cn1c(C2CNCN2)c2c3c(cccc31)C1CCC(=O)N[C@@H]1C2=O. The topological polar surface area (TPSA) is 75.2 Å². The van der Waals surface area contributed by atoms with Crippen molar-refractivity contribution in [2.75, 3.05) is 13.2 Å². The van der Waals surface area contributed by atoms with Crippen LogP contribution in [0.15, 0.2) is 18.2 Å². The number of rotatable bonds is 1. The average Bonchev–Trinajstić information content (AvgIpc) is 3.20. The molecule has 124 valence electrons. The minimum absolute atomic E-state index is 0.0154. The van der Waals surface area contributed by atoms with Crippen molar-refractivity contribution in [2.45, 2.75) is 30.8 Å². The summed E-state index contributed by atoms with van der Waals surface area (Å²) in [6.45, 7) is 1.55. The fraction of sp³-hybridized carbons (Fsp3) is 0.444. The standard InChI is InChI=1S/C18H20N4O2/c1-22-12-4-2-3-9-10-5-6-13(23)21-16(10)18(24)15(14(9)12)17(22)11-7-19-8-20-11/h2-4,10-11,16,19-20H,5-8H2,1H3,(H,21,23)/t10?,11?,16-/m0/s1. The summed E-state index contributed by atoms with van der Waals surface area (Å²) in [6, 6.07) is 5.97. The van der Waals surface area contributed by atoms with Crippen molar-refractivity contribution in [3.63, 3.8) is 0 Å². The van der Waals surface area contributed by atoms with E-state index < -0.39 is 6.04 Å². The van der Waals surface area contributed by atoms with Crippen LogP contribution in [0.5, 0.6) is 0 Å². The number of aromatic nitrogens is 1. The molecule has 2 saturated heterocycles. The number of nitrogens with zero attached hydrogens (tertiary/aromatic N) is 1. The number of ketones is 1. The van der Waals surface area contributed by atoms with Crippen molar-refractivity contribution < 1.29 is 9.59 Å². The number of Topliss-reactive ketones (excluding diaryl/α,β-unsaturated/α-hetero) is 1. The largest absolute Gasteiger partial charge is 0.346 e. The molecule has 0 bridgehead atoms. The molecule has 6 nitrogen and oxygen atoms in total. The summed E-state index contributed by atoms with van der Waals surface area (Å²) >= 11 is 0. The number of fused-ring (bicyclic) bond motifs is 2. The number of benzene rings is 1.